The van der Waals surface area contributed by atoms with Crippen LogP contribution < -0.4 is 21.3 Å². The van der Waals surface area contributed by atoms with Crippen LogP contribution in [0.1, 0.15) is 19.4 Å². The number of nitrogens with one attached hydrogen (secondary N) is 1. The Morgan fingerprint density at radius 2 is 1.94 bits per heavy atom. The number of hydrogen-bond donors (Lipinski definition) is 2. The van der Waals surface area contributed by atoms with E-state index in [0.717, 1.165) is 17.3 Å². The number of imide groups is 1. The Morgan fingerprint density at radius 3 is 2.56 bits per heavy atom. The van der Waals surface area contributed by atoms with Gasteiger partial charge in [-0.2, -0.15) is 0 Å². The summed E-state index contributed by atoms with van der Waals surface area (Å²) in [6.07, 6.45) is 0. The van der Waals surface area contributed by atoms with Gasteiger partial charge in [0.25, 0.3) is 5.56 Å². The number of methoxy groups -OCH3 is 1. The monoisotopic (exact) mass is 474 g/mol. The quantitative estimate of drug-likeness (QED) is 0.416. The fourth-order valence-electron chi connectivity index (χ4n) is 3.20. The highest BCUT2D eigenvalue weighted by Gasteiger charge is 2.28. The Hall–Kier alpha value is -3.04. The number of carbonyl (C=O) groups excluding carboxylic acids is 2. The van der Waals surface area contributed by atoms with Crippen LogP contribution in [0.3, 0.4) is 0 Å². The first-order chi connectivity index (χ1) is 15.1. The number of urea groups is 1. The van der Waals surface area contributed by atoms with Crippen LogP contribution >= 0.6 is 23.4 Å². The highest BCUT2D eigenvalue weighted by Crippen LogP contribution is 2.32. The van der Waals surface area contributed by atoms with Crippen molar-refractivity contribution >= 4 is 46.2 Å². The Labute approximate surface area is 194 Å². The van der Waals surface area contributed by atoms with E-state index >= 15 is 0 Å². The third kappa shape index (κ3) is 4.89. The maximum atomic E-state index is 13.6. The molecule has 1 heterocycles. The number of hydrogen-bond acceptors (Lipinski definition) is 6. The lowest BCUT2D eigenvalue weighted by molar-refractivity contribution is -0.120. The van der Waals surface area contributed by atoms with E-state index in [1.165, 1.54) is 11.7 Å². The van der Waals surface area contributed by atoms with Gasteiger partial charge in [-0.15, -0.1) is 0 Å². The smallest absolute Gasteiger partial charge is 0.318 e. The molecule has 0 aliphatic carbocycles. The number of carbonyl (C=O) groups is 2. The van der Waals surface area contributed by atoms with Crippen LogP contribution in [0.2, 0.25) is 5.02 Å². The molecule has 32 heavy (non-hydrogen) atoms. The number of amides is 3. The third-order valence-corrected chi connectivity index (χ3v) is 6.45. The molecule has 3 aromatic rings. The molecule has 8 nitrogen and oxygen atoms in total. The Kier molecular flexibility index (Phi) is 7.10. The van der Waals surface area contributed by atoms with Crippen LogP contribution in [0.4, 0.5) is 4.79 Å². The predicted molar refractivity (Wildman–Crippen MR) is 126 cm³/mol. The zero-order valence-electron chi connectivity index (χ0n) is 18.0. The van der Waals surface area contributed by atoms with Crippen molar-refractivity contribution < 1.29 is 14.3 Å². The molecule has 1 atom stereocenters. The number of aryl methyl sites for hydroxylation is 1. The van der Waals surface area contributed by atoms with Crippen LogP contribution in [-0.4, -0.2) is 33.8 Å². The molecule has 0 fully saturated rings. The van der Waals surface area contributed by atoms with E-state index in [1.807, 2.05) is 32.9 Å². The second-order valence-corrected chi connectivity index (χ2v) is 9.05. The highest BCUT2D eigenvalue weighted by atomic mass is 35.5. The van der Waals surface area contributed by atoms with Gasteiger partial charge >= 0.3 is 6.03 Å². The fraction of sp³-hybridized carbons (Fsp3) is 0.273. The van der Waals surface area contributed by atoms with Crippen LogP contribution in [0.5, 0.6) is 5.75 Å². The van der Waals surface area contributed by atoms with Crippen molar-refractivity contribution in [3.63, 3.8) is 0 Å². The van der Waals surface area contributed by atoms with Gasteiger partial charge in [-0.3, -0.25) is 19.5 Å². The predicted octanol–water partition coefficient (Wildman–Crippen LogP) is 3.67. The van der Waals surface area contributed by atoms with E-state index < -0.39 is 17.2 Å². The number of thioether (sulfide) groups is 1. The van der Waals surface area contributed by atoms with E-state index in [2.05, 4.69) is 10.3 Å². The molecule has 1 aromatic heterocycles. The van der Waals surface area contributed by atoms with E-state index in [-0.39, 0.29) is 16.6 Å². The minimum Gasteiger partial charge on any atom is -0.495 e. The molecule has 0 spiro atoms. The summed E-state index contributed by atoms with van der Waals surface area (Å²) >= 11 is 7.18. The molecular weight excluding hydrogens is 452 g/mol. The van der Waals surface area contributed by atoms with Crippen molar-refractivity contribution in [1.82, 2.24) is 14.9 Å². The number of nitrogens with zero attached hydrogens (tertiary/aromatic N) is 2. The van der Waals surface area contributed by atoms with E-state index in [0.29, 0.717) is 27.4 Å². The maximum Gasteiger partial charge on any atom is 0.318 e. The number of benzene rings is 2. The molecule has 1 unspecified atom stereocenters. The number of aromatic nitrogens is 2. The second-order valence-electron chi connectivity index (χ2n) is 7.51. The number of halogens is 1. The first-order valence-electron chi connectivity index (χ1n) is 9.76. The minimum atomic E-state index is -0.947. The molecule has 0 bridgehead atoms. The normalized spacial score (nSPS) is 12.1. The molecule has 2 aromatic carbocycles. The molecule has 168 valence electrons. The highest BCUT2D eigenvalue weighted by molar-refractivity contribution is 8.00. The first kappa shape index (κ1) is 23.6. The lowest BCUT2D eigenvalue weighted by Gasteiger charge is -2.21. The van der Waals surface area contributed by atoms with Crippen molar-refractivity contribution in [2.45, 2.75) is 31.2 Å². The minimum absolute atomic E-state index is 0.195. The van der Waals surface area contributed by atoms with Crippen molar-refractivity contribution in [1.29, 1.82) is 0 Å². The zero-order chi connectivity index (χ0) is 23.6. The largest absolute Gasteiger partial charge is 0.495 e. The summed E-state index contributed by atoms with van der Waals surface area (Å²) in [5, 5.41) is 2.42. The van der Waals surface area contributed by atoms with Gasteiger partial charge in [-0.05, 0) is 48.7 Å². The van der Waals surface area contributed by atoms with Crippen molar-refractivity contribution in [2.75, 3.05) is 7.11 Å². The summed E-state index contributed by atoms with van der Waals surface area (Å²) in [5.41, 5.74) is 6.59. The summed E-state index contributed by atoms with van der Waals surface area (Å²) in [6, 6.07) is 9.31. The molecule has 3 amide bonds. The Balaban J connectivity index is 2.30. The summed E-state index contributed by atoms with van der Waals surface area (Å²) in [6.45, 7) is 5.55. The van der Waals surface area contributed by atoms with Crippen LogP contribution in [0, 0.1) is 12.8 Å². The van der Waals surface area contributed by atoms with Gasteiger partial charge in [-0.1, -0.05) is 43.3 Å². The summed E-state index contributed by atoms with van der Waals surface area (Å²) < 4.78 is 6.91. The number of ether oxygens (including phenoxy) is 1. The average Bonchev–Trinajstić information content (AvgIpc) is 2.71. The van der Waals surface area contributed by atoms with Gasteiger partial charge < -0.3 is 10.5 Å². The van der Waals surface area contributed by atoms with Crippen molar-refractivity contribution in [3.05, 3.63) is 57.3 Å². The summed E-state index contributed by atoms with van der Waals surface area (Å²) in [7, 11) is 1.51. The topological polar surface area (TPSA) is 116 Å². The van der Waals surface area contributed by atoms with Gasteiger partial charge in [0.2, 0.25) is 5.91 Å². The Bertz CT molecular complexity index is 1260. The molecule has 0 aliphatic heterocycles. The van der Waals surface area contributed by atoms with Gasteiger partial charge in [0.1, 0.15) is 5.75 Å². The number of rotatable bonds is 6. The molecule has 10 heteroatoms. The number of nitrogens with two attached hydrogens (primary N) is 1. The molecule has 0 radical (unpaired) electrons. The number of primary amides is 1. The van der Waals surface area contributed by atoms with E-state index in [1.54, 1.807) is 24.3 Å². The van der Waals surface area contributed by atoms with Gasteiger partial charge in [-0.25, -0.2) is 9.78 Å². The maximum absolute atomic E-state index is 13.6. The SMILES string of the molecule is COc1ccc(C)cc1-n1c(SC(C(=O)NC(N)=O)C(C)C)nc2cc(Cl)ccc2c1=O. The molecule has 3 rings (SSSR count). The fourth-order valence-corrected chi connectivity index (χ4v) is 4.47. The zero-order valence-corrected chi connectivity index (χ0v) is 19.6. The molecule has 0 aliphatic rings. The standard InChI is InChI=1S/C22H23ClN4O4S/c1-11(2)18(19(28)26-21(24)30)32-22-25-15-10-13(23)6-7-14(15)20(29)27(22)16-9-12(3)5-8-17(16)31-4/h5-11,18H,1-4H3,(H3,24,26,28,30). The van der Waals surface area contributed by atoms with Crippen molar-refractivity contribution in [2.24, 2.45) is 11.7 Å². The van der Waals surface area contributed by atoms with E-state index in [9.17, 15) is 14.4 Å². The first-order valence-corrected chi connectivity index (χ1v) is 11.0. The van der Waals surface area contributed by atoms with Gasteiger partial charge in [0.05, 0.1) is 29.0 Å². The lowest BCUT2D eigenvalue weighted by Crippen LogP contribution is -2.42. The third-order valence-electron chi connectivity index (χ3n) is 4.72. The number of fused-ring (bicyclic) bond motifs is 1. The van der Waals surface area contributed by atoms with E-state index in [4.69, 9.17) is 22.1 Å². The molecule has 3 N–H and O–H groups in total. The van der Waals surface area contributed by atoms with Crippen LogP contribution in [0.25, 0.3) is 16.6 Å². The molecule has 0 saturated carbocycles. The lowest BCUT2D eigenvalue weighted by atomic mass is 10.1. The average molecular weight is 475 g/mol. The summed E-state index contributed by atoms with van der Waals surface area (Å²) in [4.78, 5) is 42.1. The molecule has 0 saturated heterocycles. The van der Waals surface area contributed by atoms with Crippen molar-refractivity contribution in [3.8, 4) is 11.4 Å². The van der Waals surface area contributed by atoms with Gasteiger partial charge in [0.15, 0.2) is 5.16 Å². The van der Waals surface area contributed by atoms with Crippen LogP contribution in [0.15, 0.2) is 46.3 Å². The second kappa shape index (κ2) is 9.62. The van der Waals surface area contributed by atoms with Crippen LogP contribution in [-0.2, 0) is 4.79 Å². The van der Waals surface area contributed by atoms with Gasteiger partial charge in [0, 0.05) is 5.02 Å². The summed E-state index contributed by atoms with van der Waals surface area (Å²) in [5.74, 6) is -0.294. The Morgan fingerprint density at radius 1 is 1.22 bits per heavy atom. The molecular formula is C22H23ClN4O4S.